The van der Waals surface area contributed by atoms with Crippen LogP contribution in [0.5, 0.6) is 0 Å². The molecule has 130 valence electrons. The lowest BCUT2D eigenvalue weighted by Crippen LogP contribution is -2.49. The molecule has 0 atom stereocenters. The molecule has 1 aliphatic rings. The maximum absolute atomic E-state index is 12.1. The molecular formula is C16H25ClN2O3S. The summed E-state index contributed by atoms with van der Waals surface area (Å²) in [5.74, 6) is 0.0695. The third-order valence-corrected chi connectivity index (χ3v) is 6.21. The zero-order valence-electron chi connectivity index (χ0n) is 13.6. The average Bonchev–Trinajstić information content (AvgIpc) is 2.55. The Balaban J connectivity index is 1.69. The molecule has 0 aliphatic carbocycles. The second kappa shape index (κ2) is 8.99. The first-order valence-electron chi connectivity index (χ1n) is 7.95. The fourth-order valence-corrected chi connectivity index (χ4v) is 4.19. The van der Waals surface area contributed by atoms with Crippen molar-refractivity contribution in [3.05, 3.63) is 34.9 Å². The van der Waals surface area contributed by atoms with E-state index in [9.17, 15) is 8.42 Å². The van der Waals surface area contributed by atoms with Crippen molar-refractivity contribution in [2.24, 2.45) is 0 Å². The minimum Gasteiger partial charge on any atom is -0.384 e. The van der Waals surface area contributed by atoms with Crippen LogP contribution in [0.3, 0.4) is 0 Å². The van der Waals surface area contributed by atoms with Crippen LogP contribution in [0.15, 0.2) is 24.3 Å². The van der Waals surface area contributed by atoms with Gasteiger partial charge in [0.25, 0.3) is 0 Å². The summed E-state index contributed by atoms with van der Waals surface area (Å²) >= 11 is 5.88. The Hall–Kier alpha value is -0.660. The van der Waals surface area contributed by atoms with Crippen molar-refractivity contribution in [2.45, 2.75) is 12.8 Å². The lowest BCUT2D eigenvalue weighted by atomic mass is 10.1. The SMILES string of the molecule is COCCS(=O)(=O)N1CCN(CCCc2ccc(Cl)cc2)CC1. The summed E-state index contributed by atoms with van der Waals surface area (Å²) in [6.07, 6.45) is 2.08. The van der Waals surface area contributed by atoms with Crippen LogP contribution >= 0.6 is 11.6 Å². The molecule has 0 spiro atoms. The fourth-order valence-electron chi connectivity index (χ4n) is 2.71. The lowest BCUT2D eigenvalue weighted by molar-refractivity contribution is 0.183. The van der Waals surface area contributed by atoms with E-state index in [-0.39, 0.29) is 12.4 Å². The van der Waals surface area contributed by atoms with E-state index in [1.54, 1.807) is 4.31 Å². The van der Waals surface area contributed by atoms with E-state index in [4.69, 9.17) is 16.3 Å². The Morgan fingerprint density at radius 3 is 2.39 bits per heavy atom. The van der Waals surface area contributed by atoms with Crippen molar-refractivity contribution >= 4 is 21.6 Å². The highest BCUT2D eigenvalue weighted by Crippen LogP contribution is 2.12. The number of nitrogens with zero attached hydrogens (tertiary/aromatic N) is 2. The van der Waals surface area contributed by atoms with E-state index in [1.807, 2.05) is 12.1 Å². The van der Waals surface area contributed by atoms with Crippen molar-refractivity contribution in [3.8, 4) is 0 Å². The number of rotatable bonds is 8. The van der Waals surface area contributed by atoms with Gasteiger partial charge in [0.05, 0.1) is 12.4 Å². The van der Waals surface area contributed by atoms with Gasteiger partial charge in [0.2, 0.25) is 10.0 Å². The number of benzene rings is 1. The Morgan fingerprint density at radius 1 is 1.13 bits per heavy atom. The van der Waals surface area contributed by atoms with Crippen molar-refractivity contribution < 1.29 is 13.2 Å². The van der Waals surface area contributed by atoms with Gasteiger partial charge in [-0.15, -0.1) is 0 Å². The molecule has 1 saturated heterocycles. The zero-order chi connectivity index (χ0) is 16.7. The van der Waals surface area contributed by atoms with E-state index >= 15 is 0 Å². The monoisotopic (exact) mass is 360 g/mol. The Morgan fingerprint density at radius 2 is 1.78 bits per heavy atom. The van der Waals surface area contributed by atoms with Crippen LogP contribution < -0.4 is 0 Å². The molecule has 7 heteroatoms. The minimum atomic E-state index is -3.17. The Kier molecular flexibility index (Phi) is 7.30. The van der Waals surface area contributed by atoms with Crippen LogP contribution in [-0.4, -0.2) is 69.8 Å². The zero-order valence-corrected chi connectivity index (χ0v) is 15.2. The second-order valence-corrected chi connectivity index (χ2v) is 8.30. The lowest BCUT2D eigenvalue weighted by Gasteiger charge is -2.33. The molecule has 1 heterocycles. The van der Waals surface area contributed by atoms with Gasteiger partial charge < -0.3 is 9.64 Å². The van der Waals surface area contributed by atoms with Crippen LogP contribution in [0.2, 0.25) is 5.02 Å². The molecule has 0 radical (unpaired) electrons. The molecule has 0 N–H and O–H groups in total. The summed E-state index contributed by atoms with van der Waals surface area (Å²) in [5.41, 5.74) is 1.29. The van der Waals surface area contributed by atoms with Gasteiger partial charge >= 0.3 is 0 Å². The Labute approximate surface area is 144 Å². The molecular weight excluding hydrogens is 336 g/mol. The van der Waals surface area contributed by atoms with Gasteiger partial charge in [-0.05, 0) is 37.1 Å². The minimum absolute atomic E-state index is 0.0695. The molecule has 0 unspecified atom stereocenters. The fraction of sp³-hybridized carbons (Fsp3) is 0.625. The van der Waals surface area contributed by atoms with Gasteiger partial charge in [0.15, 0.2) is 0 Å². The van der Waals surface area contributed by atoms with Crippen LogP contribution in [-0.2, 0) is 21.2 Å². The number of aryl methyl sites for hydroxylation is 1. The molecule has 0 saturated carbocycles. The van der Waals surface area contributed by atoms with Crippen molar-refractivity contribution in [1.82, 2.24) is 9.21 Å². The maximum atomic E-state index is 12.1. The second-order valence-electron chi connectivity index (χ2n) is 5.78. The molecule has 1 fully saturated rings. The summed E-state index contributed by atoms with van der Waals surface area (Å²) in [6, 6.07) is 7.95. The summed E-state index contributed by atoms with van der Waals surface area (Å²) in [4.78, 5) is 2.33. The number of sulfonamides is 1. The van der Waals surface area contributed by atoms with Crippen LogP contribution in [0, 0.1) is 0 Å². The third-order valence-electron chi connectivity index (χ3n) is 4.12. The van der Waals surface area contributed by atoms with Crippen LogP contribution in [0.1, 0.15) is 12.0 Å². The molecule has 1 aromatic rings. The van der Waals surface area contributed by atoms with Gasteiger partial charge in [-0.2, -0.15) is 4.31 Å². The highest BCUT2D eigenvalue weighted by molar-refractivity contribution is 7.89. The first kappa shape index (κ1) is 18.7. The van der Waals surface area contributed by atoms with Crippen LogP contribution in [0.25, 0.3) is 0 Å². The van der Waals surface area contributed by atoms with Gasteiger partial charge in [-0.3, -0.25) is 0 Å². The number of halogens is 1. The summed E-state index contributed by atoms with van der Waals surface area (Å²) in [7, 11) is -1.65. The van der Waals surface area contributed by atoms with E-state index < -0.39 is 10.0 Å². The third kappa shape index (κ3) is 6.04. The van der Waals surface area contributed by atoms with Crippen molar-refractivity contribution in [3.63, 3.8) is 0 Å². The van der Waals surface area contributed by atoms with E-state index in [0.717, 1.165) is 37.5 Å². The van der Waals surface area contributed by atoms with Gasteiger partial charge in [0.1, 0.15) is 0 Å². The molecule has 1 aliphatic heterocycles. The quantitative estimate of drug-likeness (QED) is 0.710. The predicted octanol–water partition coefficient (Wildman–Crippen LogP) is 1.87. The molecule has 0 aromatic heterocycles. The molecule has 1 aromatic carbocycles. The van der Waals surface area contributed by atoms with Crippen molar-refractivity contribution in [1.29, 1.82) is 0 Å². The summed E-state index contributed by atoms with van der Waals surface area (Å²) in [5, 5.41) is 0.763. The number of hydrogen-bond donors (Lipinski definition) is 0. The van der Waals surface area contributed by atoms with E-state index in [1.165, 1.54) is 12.7 Å². The largest absolute Gasteiger partial charge is 0.384 e. The van der Waals surface area contributed by atoms with Gasteiger partial charge in [-0.1, -0.05) is 23.7 Å². The molecule has 0 bridgehead atoms. The molecule has 2 rings (SSSR count). The highest BCUT2D eigenvalue weighted by atomic mass is 35.5. The van der Waals surface area contributed by atoms with Crippen LogP contribution in [0.4, 0.5) is 0 Å². The summed E-state index contributed by atoms with van der Waals surface area (Å²) < 4.78 is 30.6. The van der Waals surface area contributed by atoms with Crippen molar-refractivity contribution in [2.75, 3.05) is 52.2 Å². The van der Waals surface area contributed by atoms with Gasteiger partial charge in [-0.25, -0.2) is 8.42 Å². The normalized spacial score (nSPS) is 17.5. The van der Waals surface area contributed by atoms with E-state index in [0.29, 0.717) is 13.1 Å². The Bertz CT molecular complexity index is 569. The maximum Gasteiger partial charge on any atom is 0.216 e. The smallest absolute Gasteiger partial charge is 0.216 e. The number of piperazine rings is 1. The highest BCUT2D eigenvalue weighted by Gasteiger charge is 2.26. The first-order valence-corrected chi connectivity index (χ1v) is 9.93. The molecule has 0 amide bonds. The number of hydrogen-bond acceptors (Lipinski definition) is 4. The average molecular weight is 361 g/mol. The first-order chi connectivity index (χ1) is 11.0. The van der Waals surface area contributed by atoms with Gasteiger partial charge in [0, 0.05) is 38.3 Å². The number of methoxy groups -OCH3 is 1. The topological polar surface area (TPSA) is 49.9 Å². The number of ether oxygens (including phenoxy) is 1. The van der Waals surface area contributed by atoms with E-state index in [2.05, 4.69) is 17.0 Å². The summed E-state index contributed by atoms with van der Waals surface area (Å²) in [6.45, 7) is 4.00. The predicted molar refractivity (Wildman–Crippen MR) is 93.4 cm³/mol. The molecule has 5 nitrogen and oxygen atoms in total. The molecule has 23 heavy (non-hydrogen) atoms. The standard InChI is InChI=1S/C16H25ClN2O3S/c1-22-13-14-23(20,21)19-11-9-18(10-12-19)8-2-3-15-4-6-16(17)7-5-15/h4-7H,2-3,8-14H2,1H3.